The Morgan fingerprint density at radius 2 is 1.76 bits per heavy atom. The van der Waals surface area contributed by atoms with Crippen LogP contribution in [0, 0.1) is 0 Å². The van der Waals surface area contributed by atoms with E-state index in [1.54, 1.807) is 0 Å². The minimum atomic E-state index is -0.00304. The molecule has 0 bridgehead atoms. The third kappa shape index (κ3) is 1.40. The summed E-state index contributed by atoms with van der Waals surface area (Å²) in [6.45, 7) is 5.99. The predicted octanol–water partition coefficient (Wildman–Crippen LogP) is 2.62. The highest BCUT2D eigenvalue weighted by Crippen LogP contribution is 2.41. The molecule has 0 saturated carbocycles. The van der Waals surface area contributed by atoms with Crippen LogP contribution in [0.1, 0.15) is 26.3 Å². The molecule has 4 nitrogen and oxygen atoms in total. The maximum absolute atomic E-state index is 11.9. The maximum atomic E-state index is 11.9. The monoisotopic (exact) mass is 229 g/mol. The second kappa shape index (κ2) is 3.26. The van der Waals surface area contributed by atoms with Gasteiger partial charge in [0.1, 0.15) is 0 Å². The molecule has 2 aliphatic rings. The molecule has 0 fully saturated rings. The lowest BCUT2D eigenvalue weighted by Gasteiger charge is -2.04. The van der Waals surface area contributed by atoms with E-state index in [-0.39, 0.29) is 12.1 Å². The normalized spacial score (nSPS) is 20.3. The fourth-order valence-electron chi connectivity index (χ4n) is 2.45. The van der Waals surface area contributed by atoms with Crippen molar-refractivity contribution in [2.24, 2.45) is 0 Å². The Labute approximate surface area is 100 Å². The van der Waals surface area contributed by atoms with Crippen molar-refractivity contribution < 1.29 is 4.79 Å². The molecule has 0 saturated heterocycles. The first-order valence-electron chi connectivity index (χ1n) is 5.76. The molecule has 2 heterocycles. The van der Waals surface area contributed by atoms with Gasteiger partial charge in [-0.1, -0.05) is 5.57 Å². The summed E-state index contributed by atoms with van der Waals surface area (Å²) in [5.74, 6) is -0.00304. The van der Waals surface area contributed by atoms with E-state index in [0.717, 1.165) is 33.8 Å². The Kier molecular flexibility index (Phi) is 1.96. The number of benzene rings is 1. The van der Waals surface area contributed by atoms with Crippen molar-refractivity contribution >= 4 is 28.5 Å². The molecule has 3 N–H and O–H groups in total. The number of rotatable bonds is 0. The van der Waals surface area contributed by atoms with E-state index in [9.17, 15) is 4.79 Å². The van der Waals surface area contributed by atoms with E-state index in [1.807, 2.05) is 26.0 Å². The Hall–Kier alpha value is -1.97. The molecule has 3 rings (SSSR count). The number of amides is 1. The molecule has 4 heteroatoms. The summed E-state index contributed by atoms with van der Waals surface area (Å²) >= 11 is 0. The minimum Gasteiger partial charge on any atom is -0.364 e. The number of allylic oxidation sites excluding steroid dienone is 1. The lowest BCUT2D eigenvalue weighted by atomic mass is 10.0. The largest absolute Gasteiger partial charge is 0.364 e. The number of hydrogen-bond acceptors (Lipinski definition) is 3. The third-order valence-corrected chi connectivity index (χ3v) is 3.15. The second-order valence-electron chi connectivity index (χ2n) is 4.78. The summed E-state index contributed by atoms with van der Waals surface area (Å²) in [5, 5.41) is 9.54. The molecule has 0 aromatic heterocycles. The van der Waals surface area contributed by atoms with Crippen molar-refractivity contribution in [3.8, 4) is 0 Å². The van der Waals surface area contributed by atoms with Gasteiger partial charge in [-0.2, -0.15) is 0 Å². The molecule has 0 radical (unpaired) electrons. The zero-order valence-corrected chi connectivity index (χ0v) is 10.1. The zero-order valence-electron chi connectivity index (χ0n) is 10.1. The molecule has 1 aromatic rings. The van der Waals surface area contributed by atoms with Crippen LogP contribution in [0.5, 0.6) is 0 Å². The van der Waals surface area contributed by atoms with Crippen LogP contribution >= 0.6 is 0 Å². The van der Waals surface area contributed by atoms with Crippen LogP contribution in [-0.4, -0.2) is 12.1 Å². The second-order valence-corrected chi connectivity index (χ2v) is 4.78. The quantitative estimate of drug-likeness (QED) is 0.599. The van der Waals surface area contributed by atoms with Gasteiger partial charge in [-0.15, -0.1) is 0 Å². The van der Waals surface area contributed by atoms with Crippen molar-refractivity contribution in [3.05, 3.63) is 23.3 Å². The Morgan fingerprint density at radius 3 is 2.41 bits per heavy atom. The van der Waals surface area contributed by atoms with Crippen LogP contribution in [0.15, 0.2) is 17.7 Å². The number of carbonyl (C=O) groups excluding carboxylic acids is 1. The number of hydrogen-bond donors (Lipinski definition) is 3. The summed E-state index contributed by atoms with van der Waals surface area (Å²) in [5.41, 5.74) is 5.84. The average molecular weight is 229 g/mol. The number of anilines is 3. The van der Waals surface area contributed by atoms with E-state index in [0.29, 0.717) is 0 Å². The predicted molar refractivity (Wildman–Crippen MR) is 70.0 cm³/mol. The summed E-state index contributed by atoms with van der Waals surface area (Å²) < 4.78 is 0. The van der Waals surface area contributed by atoms with Crippen molar-refractivity contribution in [1.82, 2.24) is 0 Å². The van der Waals surface area contributed by atoms with Gasteiger partial charge in [0.05, 0.1) is 23.2 Å². The van der Waals surface area contributed by atoms with Crippen LogP contribution in [0.3, 0.4) is 0 Å². The fraction of sp³-hybridized carbons (Fsp3) is 0.308. The molecule has 88 valence electrons. The van der Waals surface area contributed by atoms with Crippen molar-refractivity contribution in [3.63, 3.8) is 0 Å². The maximum Gasteiger partial charge on any atom is 0.256 e. The number of nitrogens with one attached hydrogen (secondary N) is 3. The molecule has 0 aliphatic carbocycles. The molecule has 1 amide bonds. The van der Waals surface area contributed by atoms with Crippen LogP contribution in [-0.2, 0) is 4.79 Å². The summed E-state index contributed by atoms with van der Waals surface area (Å²) in [6, 6.07) is 4.04. The molecule has 1 aromatic carbocycles. The van der Waals surface area contributed by atoms with Gasteiger partial charge < -0.3 is 16.0 Å². The third-order valence-electron chi connectivity index (χ3n) is 3.15. The topological polar surface area (TPSA) is 53.2 Å². The van der Waals surface area contributed by atoms with Crippen LogP contribution in [0.25, 0.3) is 5.57 Å². The number of carbonyl (C=O) groups is 1. The standard InChI is InChI=1S/C13H15N3O/c1-6(2)12-8-4-10-11(15-7(3)14-10)5-9(8)16-13(12)17/h4-5,7,14-15H,1-3H3,(H,16,17). The van der Waals surface area contributed by atoms with E-state index >= 15 is 0 Å². The fourth-order valence-corrected chi connectivity index (χ4v) is 2.45. The van der Waals surface area contributed by atoms with Gasteiger partial charge in [-0.25, -0.2) is 0 Å². The molecule has 2 aliphatic heterocycles. The SMILES string of the molecule is CC(C)=C1C(=O)Nc2cc3c(cc21)NC(C)N3. The van der Waals surface area contributed by atoms with Crippen LogP contribution in [0.4, 0.5) is 17.1 Å². The Bertz CT molecular complexity index is 556. The lowest BCUT2D eigenvalue weighted by molar-refractivity contribution is -0.110. The van der Waals surface area contributed by atoms with Crippen LogP contribution in [0.2, 0.25) is 0 Å². The Morgan fingerprint density at radius 1 is 1.12 bits per heavy atom. The van der Waals surface area contributed by atoms with Crippen molar-refractivity contribution in [1.29, 1.82) is 0 Å². The minimum absolute atomic E-state index is 0.00304. The van der Waals surface area contributed by atoms with E-state index in [1.165, 1.54) is 0 Å². The zero-order chi connectivity index (χ0) is 12.2. The van der Waals surface area contributed by atoms with Gasteiger partial charge in [0.25, 0.3) is 5.91 Å². The summed E-state index contributed by atoms with van der Waals surface area (Å²) in [7, 11) is 0. The molecule has 1 unspecified atom stereocenters. The van der Waals surface area contributed by atoms with Crippen LogP contribution < -0.4 is 16.0 Å². The van der Waals surface area contributed by atoms with Gasteiger partial charge in [0.2, 0.25) is 0 Å². The highest BCUT2D eigenvalue weighted by atomic mass is 16.2. The van der Waals surface area contributed by atoms with Gasteiger partial charge in [0, 0.05) is 11.1 Å². The Balaban J connectivity index is 2.18. The molecule has 1 atom stereocenters. The number of fused-ring (bicyclic) bond motifs is 2. The lowest BCUT2D eigenvalue weighted by Crippen LogP contribution is -2.16. The molecular formula is C13H15N3O. The van der Waals surface area contributed by atoms with Gasteiger partial charge >= 0.3 is 0 Å². The van der Waals surface area contributed by atoms with E-state index in [4.69, 9.17) is 0 Å². The first-order chi connectivity index (χ1) is 8.06. The highest BCUT2D eigenvalue weighted by molar-refractivity contribution is 6.32. The molecule has 17 heavy (non-hydrogen) atoms. The van der Waals surface area contributed by atoms with Crippen molar-refractivity contribution in [2.75, 3.05) is 16.0 Å². The summed E-state index contributed by atoms with van der Waals surface area (Å²) in [6.07, 6.45) is 0.235. The highest BCUT2D eigenvalue weighted by Gasteiger charge is 2.28. The van der Waals surface area contributed by atoms with Gasteiger partial charge in [-0.3, -0.25) is 4.79 Å². The first kappa shape index (κ1) is 10.2. The van der Waals surface area contributed by atoms with Gasteiger partial charge in [0.15, 0.2) is 0 Å². The van der Waals surface area contributed by atoms with E-state index in [2.05, 4.69) is 22.9 Å². The van der Waals surface area contributed by atoms with E-state index < -0.39 is 0 Å². The average Bonchev–Trinajstić information content (AvgIpc) is 2.70. The van der Waals surface area contributed by atoms with Gasteiger partial charge in [-0.05, 0) is 32.9 Å². The van der Waals surface area contributed by atoms with Crippen molar-refractivity contribution in [2.45, 2.75) is 26.9 Å². The smallest absolute Gasteiger partial charge is 0.256 e. The molecular weight excluding hydrogens is 214 g/mol. The summed E-state index contributed by atoms with van der Waals surface area (Å²) in [4.78, 5) is 11.9. The molecule has 0 spiro atoms. The first-order valence-corrected chi connectivity index (χ1v) is 5.76.